The lowest BCUT2D eigenvalue weighted by atomic mass is 9.77. The number of carbonyl (C=O) groups is 2. The average Bonchev–Trinajstić information content (AvgIpc) is 2.93. The Kier molecular flexibility index (Phi) is 7.60. The van der Waals surface area contributed by atoms with Crippen molar-refractivity contribution >= 4 is 17.5 Å². The van der Waals surface area contributed by atoms with E-state index in [1.54, 1.807) is 24.3 Å². The fraction of sp³-hybridized carbons (Fsp3) is 0.0968. The summed E-state index contributed by atoms with van der Waals surface area (Å²) < 4.78 is 0. The van der Waals surface area contributed by atoms with Crippen LogP contribution in [-0.4, -0.2) is 17.9 Å². The van der Waals surface area contributed by atoms with Crippen LogP contribution in [0.3, 0.4) is 0 Å². The van der Waals surface area contributed by atoms with Crippen LogP contribution in [-0.2, 0) is 15.1 Å². The zero-order valence-corrected chi connectivity index (χ0v) is 19.7. The van der Waals surface area contributed by atoms with Gasteiger partial charge in [-0.2, -0.15) is 0 Å². The van der Waals surface area contributed by atoms with Gasteiger partial charge >= 0.3 is 0 Å². The number of benzene rings is 4. The van der Waals surface area contributed by atoms with Crippen LogP contribution in [0.2, 0.25) is 0 Å². The van der Waals surface area contributed by atoms with Gasteiger partial charge in [0.25, 0.3) is 0 Å². The minimum atomic E-state index is -1.04. The van der Waals surface area contributed by atoms with Crippen LogP contribution in [0.1, 0.15) is 28.7 Å². The molecule has 4 N–H and O–H groups in total. The van der Waals surface area contributed by atoms with Gasteiger partial charge in [0.15, 0.2) is 0 Å². The summed E-state index contributed by atoms with van der Waals surface area (Å²) in [6.45, 7) is 0. The van der Waals surface area contributed by atoms with Gasteiger partial charge in [-0.05, 0) is 41.0 Å². The molecule has 0 saturated heterocycles. The predicted octanol–water partition coefficient (Wildman–Crippen LogP) is 4.43. The third-order valence-electron chi connectivity index (χ3n) is 6.01. The summed E-state index contributed by atoms with van der Waals surface area (Å²) in [6.07, 6.45) is 5.19. The van der Waals surface area contributed by atoms with E-state index in [4.69, 9.17) is 12.2 Å². The number of nitrogens with one attached hydrogen (secondary N) is 2. The van der Waals surface area contributed by atoms with Gasteiger partial charge in [-0.25, -0.2) is 0 Å². The Morgan fingerprint density at radius 3 is 1.61 bits per heavy atom. The molecule has 36 heavy (non-hydrogen) atoms. The van der Waals surface area contributed by atoms with E-state index in [0.717, 1.165) is 16.7 Å². The van der Waals surface area contributed by atoms with Crippen molar-refractivity contribution in [2.75, 3.05) is 5.32 Å². The average molecular weight is 474 g/mol. The molecule has 0 aromatic heterocycles. The summed E-state index contributed by atoms with van der Waals surface area (Å²) in [5, 5.41) is 5.97. The summed E-state index contributed by atoms with van der Waals surface area (Å²) in [5.74, 6) is 1.72. The van der Waals surface area contributed by atoms with Crippen LogP contribution in [0, 0.1) is 12.3 Å². The van der Waals surface area contributed by atoms with Gasteiger partial charge in [-0.1, -0.05) is 96.9 Å². The van der Waals surface area contributed by atoms with Crippen LogP contribution in [0.5, 0.6) is 0 Å². The minimum Gasteiger partial charge on any atom is -0.338 e. The van der Waals surface area contributed by atoms with Crippen LogP contribution in [0.25, 0.3) is 0 Å². The molecule has 1 unspecified atom stereocenters. The first kappa shape index (κ1) is 24.5. The number of hydrogen-bond acceptors (Lipinski definition) is 3. The Labute approximate surface area is 211 Å². The van der Waals surface area contributed by atoms with Crippen LogP contribution in [0.15, 0.2) is 115 Å². The fourth-order valence-electron chi connectivity index (χ4n) is 4.22. The molecule has 4 aromatic rings. The van der Waals surface area contributed by atoms with Crippen molar-refractivity contribution < 1.29 is 9.59 Å². The highest BCUT2D eigenvalue weighted by molar-refractivity contribution is 5.97. The van der Waals surface area contributed by atoms with Crippen LogP contribution in [0.4, 0.5) is 5.69 Å². The maximum absolute atomic E-state index is 13.4. The molecule has 4 rings (SSSR count). The zero-order chi connectivity index (χ0) is 25.4. The normalized spacial score (nSPS) is 11.7. The Morgan fingerprint density at radius 2 is 1.19 bits per heavy atom. The van der Waals surface area contributed by atoms with Gasteiger partial charge in [0.1, 0.15) is 5.54 Å². The van der Waals surface area contributed by atoms with Crippen molar-refractivity contribution in [3.63, 3.8) is 0 Å². The van der Waals surface area contributed by atoms with Gasteiger partial charge in [0.05, 0.1) is 12.5 Å². The van der Waals surface area contributed by atoms with Gasteiger partial charge in [-0.15, -0.1) is 6.42 Å². The first-order valence-corrected chi connectivity index (χ1v) is 11.6. The number of amides is 2. The van der Waals surface area contributed by atoms with Crippen molar-refractivity contribution in [1.29, 1.82) is 0 Å². The second-order valence-electron chi connectivity index (χ2n) is 8.42. The van der Waals surface area contributed by atoms with E-state index in [1.807, 2.05) is 91.0 Å². The van der Waals surface area contributed by atoms with Gasteiger partial charge in [0, 0.05) is 11.3 Å². The fourth-order valence-corrected chi connectivity index (χ4v) is 4.22. The quantitative estimate of drug-likeness (QED) is 0.261. The largest absolute Gasteiger partial charge is 0.338 e. The molecule has 178 valence electrons. The monoisotopic (exact) mass is 473 g/mol. The van der Waals surface area contributed by atoms with Crippen molar-refractivity contribution in [3.8, 4) is 12.3 Å². The second kappa shape index (κ2) is 11.2. The lowest BCUT2D eigenvalue weighted by Gasteiger charge is -2.37. The first-order chi connectivity index (χ1) is 17.5. The minimum absolute atomic E-state index is 0.192. The summed E-state index contributed by atoms with van der Waals surface area (Å²) in [6, 6.07) is 35.1. The SMILES string of the molecule is C#Cc1ccc(NC(=O)C(N)CC(=O)NC(c2ccccc2)(c2ccccc2)c2ccccc2)cc1. The highest BCUT2D eigenvalue weighted by Crippen LogP contribution is 2.36. The number of hydrogen-bond donors (Lipinski definition) is 3. The molecule has 0 heterocycles. The number of carbonyl (C=O) groups excluding carboxylic acids is 2. The Morgan fingerprint density at radius 1 is 0.750 bits per heavy atom. The van der Waals surface area contributed by atoms with Crippen molar-refractivity contribution in [2.24, 2.45) is 5.73 Å². The molecule has 0 fully saturated rings. The smallest absolute Gasteiger partial charge is 0.241 e. The van der Waals surface area contributed by atoms with Gasteiger partial charge < -0.3 is 16.4 Å². The number of terminal acetylenes is 1. The zero-order valence-electron chi connectivity index (χ0n) is 19.7. The van der Waals surface area contributed by atoms with Crippen molar-refractivity contribution in [3.05, 3.63) is 138 Å². The summed E-state index contributed by atoms with van der Waals surface area (Å²) in [7, 11) is 0. The van der Waals surface area contributed by atoms with Crippen molar-refractivity contribution in [2.45, 2.75) is 18.0 Å². The topological polar surface area (TPSA) is 84.2 Å². The first-order valence-electron chi connectivity index (χ1n) is 11.6. The van der Waals surface area contributed by atoms with E-state index in [1.165, 1.54) is 0 Å². The number of anilines is 1. The number of nitrogens with two attached hydrogens (primary N) is 1. The van der Waals surface area contributed by atoms with Crippen LogP contribution >= 0.6 is 0 Å². The molecule has 0 aliphatic heterocycles. The Hall–Kier alpha value is -4.66. The van der Waals surface area contributed by atoms with E-state index in [2.05, 4.69) is 16.6 Å². The Bertz CT molecular complexity index is 1250. The summed E-state index contributed by atoms with van der Waals surface area (Å²) in [5.41, 5.74) is 9.12. The molecule has 0 aliphatic rings. The highest BCUT2D eigenvalue weighted by atomic mass is 16.2. The van der Waals surface area contributed by atoms with E-state index in [-0.39, 0.29) is 12.3 Å². The van der Waals surface area contributed by atoms with E-state index >= 15 is 0 Å². The van der Waals surface area contributed by atoms with Gasteiger partial charge in [-0.3, -0.25) is 9.59 Å². The molecule has 0 aliphatic carbocycles. The third kappa shape index (κ3) is 5.35. The lowest BCUT2D eigenvalue weighted by molar-refractivity contribution is -0.126. The lowest BCUT2D eigenvalue weighted by Crippen LogP contribution is -2.50. The molecule has 5 heteroatoms. The maximum Gasteiger partial charge on any atom is 0.241 e. The Balaban J connectivity index is 1.62. The highest BCUT2D eigenvalue weighted by Gasteiger charge is 2.38. The molecule has 0 saturated carbocycles. The molecule has 1 atom stereocenters. The predicted molar refractivity (Wildman–Crippen MR) is 143 cm³/mol. The molecule has 0 bridgehead atoms. The van der Waals surface area contributed by atoms with E-state index < -0.39 is 17.5 Å². The molecule has 2 amide bonds. The molecule has 5 nitrogen and oxygen atoms in total. The molecule has 0 spiro atoms. The van der Waals surface area contributed by atoms with Crippen molar-refractivity contribution in [1.82, 2.24) is 5.32 Å². The molecular formula is C31H27N3O2. The molecular weight excluding hydrogens is 446 g/mol. The molecule has 0 radical (unpaired) electrons. The van der Waals surface area contributed by atoms with Gasteiger partial charge in [0.2, 0.25) is 11.8 Å². The van der Waals surface area contributed by atoms with E-state index in [9.17, 15) is 9.59 Å². The summed E-state index contributed by atoms with van der Waals surface area (Å²) in [4.78, 5) is 26.2. The maximum atomic E-state index is 13.4. The molecule has 4 aromatic carbocycles. The summed E-state index contributed by atoms with van der Waals surface area (Å²) >= 11 is 0. The van der Waals surface area contributed by atoms with Crippen LogP contribution < -0.4 is 16.4 Å². The number of rotatable bonds is 8. The van der Waals surface area contributed by atoms with E-state index in [0.29, 0.717) is 11.3 Å². The third-order valence-corrected chi connectivity index (χ3v) is 6.01. The standard InChI is InChI=1S/C31H27N3O2/c1-2-23-18-20-27(21-19-23)33-30(36)28(32)22-29(35)34-31(24-12-6-3-7-13-24,25-14-8-4-9-15-25)26-16-10-5-11-17-26/h1,3-21,28H,22,32H2,(H,33,36)(H,34,35). The second-order valence-corrected chi connectivity index (χ2v) is 8.42.